The lowest BCUT2D eigenvalue weighted by Crippen LogP contribution is -2.44. The molecule has 4 heterocycles. The average molecular weight is 325 g/mol. The van der Waals surface area contributed by atoms with Gasteiger partial charge in [0.05, 0.1) is 32.5 Å². The van der Waals surface area contributed by atoms with E-state index in [4.69, 9.17) is 18.7 Å². The molecular weight excluding hydrogens is 306 g/mol. The smallest absolute Gasteiger partial charge is 0.290 e. The van der Waals surface area contributed by atoms with Gasteiger partial charge in [0.1, 0.15) is 18.3 Å². The van der Waals surface area contributed by atoms with Crippen LogP contribution in [0.15, 0.2) is 10.6 Å². The van der Waals surface area contributed by atoms with Crippen LogP contribution in [0.4, 0.5) is 5.82 Å². The quantitative estimate of drug-likeness (QED) is 0.711. The molecule has 126 valence electrons. The summed E-state index contributed by atoms with van der Waals surface area (Å²) < 4.78 is 21.4. The van der Waals surface area contributed by atoms with Gasteiger partial charge in [0.25, 0.3) is 5.91 Å². The molecule has 0 radical (unpaired) electrons. The van der Waals surface area contributed by atoms with Crippen LogP contribution in [0.3, 0.4) is 0 Å². The van der Waals surface area contributed by atoms with Gasteiger partial charge in [-0.2, -0.15) is 0 Å². The van der Waals surface area contributed by atoms with Crippen LogP contribution in [-0.2, 0) is 14.2 Å². The first kappa shape index (κ1) is 14.9. The van der Waals surface area contributed by atoms with Crippen molar-refractivity contribution in [1.82, 2.24) is 10.5 Å². The summed E-state index contributed by atoms with van der Waals surface area (Å²) in [5.74, 6) is 0.413. The number of nitrogens with zero attached hydrogens (tertiary/aromatic N) is 2. The Balaban J connectivity index is 1.39. The summed E-state index contributed by atoms with van der Waals surface area (Å²) in [6.07, 6.45) is -1.34. The molecule has 3 saturated heterocycles. The Bertz CT molecular complexity index is 573. The maximum Gasteiger partial charge on any atom is 0.290 e. The van der Waals surface area contributed by atoms with Gasteiger partial charge in [0.2, 0.25) is 5.76 Å². The predicted octanol–water partition coefficient (Wildman–Crippen LogP) is -1.23. The number of amides is 1. The molecule has 4 rings (SSSR count). The molecule has 1 aromatic heterocycles. The first-order chi connectivity index (χ1) is 11.2. The van der Waals surface area contributed by atoms with E-state index in [0.29, 0.717) is 25.6 Å². The molecule has 2 N–H and O–H groups in total. The summed E-state index contributed by atoms with van der Waals surface area (Å²) >= 11 is 0. The molecule has 9 nitrogen and oxygen atoms in total. The number of anilines is 1. The van der Waals surface area contributed by atoms with Crippen LogP contribution in [0, 0.1) is 0 Å². The molecule has 4 atom stereocenters. The zero-order chi connectivity index (χ0) is 15.8. The van der Waals surface area contributed by atoms with Crippen molar-refractivity contribution in [1.29, 1.82) is 0 Å². The highest BCUT2D eigenvalue weighted by Gasteiger charge is 2.47. The van der Waals surface area contributed by atoms with Crippen LogP contribution < -0.4 is 10.2 Å². The molecule has 3 fully saturated rings. The fourth-order valence-corrected chi connectivity index (χ4v) is 3.16. The summed E-state index contributed by atoms with van der Waals surface area (Å²) in [6, 6.07) is 1.32. The Kier molecular flexibility index (Phi) is 3.93. The average Bonchev–Trinajstić information content (AvgIpc) is 3.28. The van der Waals surface area contributed by atoms with Gasteiger partial charge < -0.3 is 34.1 Å². The van der Waals surface area contributed by atoms with E-state index in [1.54, 1.807) is 6.07 Å². The van der Waals surface area contributed by atoms with Crippen molar-refractivity contribution in [2.45, 2.75) is 24.4 Å². The molecule has 0 bridgehead atoms. The number of aromatic nitrogens is 1. The predicted molar refractivity (Wildman–Crippen MR) is 76.3 cm³/mol. The lowest BCUT2D eigenvalue weighted by molar-refractivity contribution is 0.0178. The van der Waals surface area contributed by atoms with Crippen LogP contribution >= 0.6 is 0 Å². The molecule has 9 heteroatoms. The van der Waals surface area contributed by atoms with Gasteiger partial charge in [-0.1, -0.05) is 5.16 Å². The zero-order valence-electron chi connectivity index (χ0n) is 12.5. The lowest BCUT2D eigenvalue weighted by Gasteiger charge is -2.25. The second-order valence-corrected chi connectivity index (χ2v) is 5.89. The standard InChI is InChI=1S/C14H19N3O6/c18-9-7-22-12-8(6-21-13(9)12)15-14(19)10-5-11(16-23-10)17-1-3-20-4-2-17/h5,8-9,12-13,18H,1-4,6-7H2,(H,15,19)/t8-,9-,12-,13-/m1/s1. The zero-order valence-corrected chi connectivity index (χ0v) is 12.5. The highest BCUT2D eigenvalue weighted by atomic mass is 16.6. The normalized spacial score (nSPS) is 33.7. The van der Waals surface area contributed by atoms with E-state index in [0.717, 1.165) is 13.1 Å². The number of carbonyl (C=O) groups is 1. The third kappa shape index (κ3) is 2.80. The number of carbonyl (C=O) groups excluding carboxylic acids is 1. The van der Waals surface area contributed by atoms with Crippen molar-refractivity contribution < 1.29 is 28.6 Å². The van der Waals surface area contributed by atoms with Gasteiger partial charge in [0, 0.05) is 19.2 Å². The fraction of sp³-hybridized carbons (Fsp3) is 0.714. The largest absolute Gasteiger partial charge is 0.388 e. The van der Waals surface area contributed by atoms with E-state index < -0.39 is 6.10 Å². The van der Waals surface area contributed by atoms with E-state index in [-0.39, 0.29) is 36.5 Å². The Morgan fingerprint density at radius 3 is 2.87 bits per heavy atom. The second-order valence-electron chi connectivity index (χ2n) is 5.89. The Labute approximate surface area is 132 Å². The molecule has 1 amide bonds. The third-order valence-corrected chi connectivity index (χ3v) is 4.40. The van der Waals surface area contributed by atoms with Crippen molar-refractivity contribution in [3.8, 4) is 0 Å². The number of hydrogen-bond acceptors (Lipinski definition) is 8. The summed E-state index contributed by atoms with van der Waals surface area (Å²) in [7, 11) is 0. The maximum absolute atomic E-state index is 12.3. The number of aliphatic hydroxyl groups is 1. The monoisotopic (exact) mass is 325 g/mol. The molecule has 3 aliphatic heterocycles. The first-order valence-electron chi connectivity index (χ1n) is 7.74. The molecule has 1 aromatic rings. The molecule has 3 aliphatic rings. The summed E-state index contributed by atoms with van der Waals surface area (Å²) in [6.45, 7) is 3.25. The van der Waals surface area contributed by atoms with Crippen LogP contribution in [-0.4, -0.2) is 80.0 Å². The summed E-state index contributed by atoms with van der Waals surface area (Å²) in [4.78, 5) is 14.3. The van der Waals surface area contributed by atoms with Crippen molar-refractivity contribution in [3.63, 3.8) is 0 Å². The van der Waals surface area contributed by atoms with Crippen LogP contribution in [0.5, 0.6) is 0 Å². The number of ether oxygens (including phenoxy) is 3. The van der Waals surface area contributed by atoms with Crippen LogP contribution in [0.2, 0.25) is 0 Å². The highest BCUT2D eigenvalue weighted by Crippen LogP contribution is 2.27. The van der Waals surface area contributed by atoms with E-state index in [1.165, 1.54) is 0 Å². The van der Waals surface area contributed by atoms with Gasteiger partial charge in [-0.25, -0.2) is 0 Å². The molecule has 0 unspecified atom stereocenters. The van der Waals surface area contributed by atoms with Crippen LogP contribution in [0.1, 0.15) is 10.6 Å². The van der Waals surface area contributed by atoms with E-state index in [9.17, 15) is 9.90 Å². The number of hydrogen-bond donors (Lipinski definition) is 2. The summed E-state index contributed by atoms with van der Waals surface area (Å²) in [5, 5.41) is 16.5. The molecule has 23 heavy (non-hydrogen) atoms. The van der Waals surface area contributed by atoms with Crippen molar-refractivity contribution in [3.05, 3.63) is 11.8 Å². The Morgan fingerprint density at radius 2 is 2.04 bits per heavy atom. The van der Waals surface area contributed by atoms with Gasteiger partial charge >= 0.3 is 0 Å². The number of morpholine rings is 1. The topological polar surface area (TPSA) is 106 Å². The van der Waals surface area contributed by atoms with Gasteiger partial charge in [-0.05, 0) is 0 Å². The van der Waals surface area contributed by atoms with Crippen molar-refractivity contribution in [2.75, 3.05) is 44.4 Å². The van der Waals surface area contributed by atoms with Crippen LogP contribution in [0.25, 0.3) is 0 Å². The van der Waals surface area contributed by atoms with Crippen molar-refractivity contribution >= 4 is 11.7 Å². The number of rotatable bonds is 3. The minimum atomic E-state index is -0.639. The Morgan fingerprint density at radius 1 is 1.26 bits per heavy atom. The minimum Gasteiger partial charge on any atom is -0.388 e. The van der Waals surface area contributed by atoms with Gasteiger partial charge in [-0.15, -0.1) is 0 Å². The molecule has 0 spiro atoms. The third-order valence-electron chi connectivity index (χ3n) is 4.40. The number of nitrogens with one attached hydrogen (secondary N) is 1. The molecule has 0 aliphatic carbocycles. The van der Waals surface area contributed by atoms with E-state index in [2.05, 4.69) is 10.5 Å². The minimum absolute atomic E-state index is 0.147. The number of fused-ring (bicyclic) bond motifs is 1. The molecule has 0 saturated carbocycles. The van der Waals surface area contributed by atoms with E-state index >= 15 is 0 Å². The SMILES string of the molecule is O=C(N[C@@H]1CO[C@H]2[C@@H]1OC[C@H]2O)c1cc(N2CCOCC2)no1. The molecular formula is C14H19N3O6. The van der Waals surface area contributed by atoms with Crippen molar-refractivity contribution in [2.24, 2.45) is 0 Å². The maximum atomic E-state index is 12.3. The Hall–Kier alpha value is -1.68. The highest BCUT2D eigenvalue weighted by molar-refractivity contribution is 5.92. The first-order valence-corrected chi connectivity index (χ1v) is 7.74. The number of aliphatic hydroxyl groups excluding tert-OH is 1. The van der Waals surface area contributed by atoms with Gasteiger partial charge in [0.15, 0.2) is 5.82 Å². The molecule has 0 aromatic carbocycles. The van der Waals surface area contributed by atoms with Gasteiger partial charge in [-0.3, -0.25) is 4.79 Å². The second kappa shape index (κ2) is 6.08. The lowest BCUT2D eigenvalue weighted by atomic mass is 10.1. The van der Waals surface area contributed by atoms with E-state index in [1.807, 2.05) is 4.90 Å². The fourth-order valence-electron chi connectivity index (χ4n) is 3.16. The summed E-state index contributed by atoms with van der Waals surface area (Å²) in [5.41, 5.74) is 0.